The monoisotopic (exact) mass is 1500 g/mol. The number of imidazole rings is 4. The molecular weight excluding hydrogens is 1440 g/mol. The highest BCUT2D eigenvalue weighted by Gasteiger charge is 2.35. The lowest BCUT2D eigenvalue weighted by molar-refractivity contribution is -0.154. The lowest BCUT2D eigenvalue weighted by Crippen LogP contribution is -2.25. The van der Waals surface area contributed by atoms with Crippen molar-refractivity contribution < 1.29 is 89.3 Å². The number of nitrogens with two attached hydrogens (primary N) is 1. The number of nitrogens with zero attached hydrogens (tertiary/aromatic N) is 11. The third kappa shape index (κ3) is 25.7. The summed E-state index contributed by atoms with van der Waals surface area (Å²) in [5.41, 5.74) is 5.26. The normalized spacial score (nSPS) is 11.9. The quantitative estimate of drug-likeness (QED) is 0.0388. The molecule has 0 bridgehead atoms. The van der Waals surface area contributed by atoms with Crippen LogP contribution in [0.4, 0.5) is 87.3 Å². The van der Waals surface area contributed by atoms with Gasteiger partial charge >= 0.3 is 36.9 Å². The maximum Gasteiger partial charge on any atom is 0.416 e. The molecule has 0 saturated carbocycles. The summed E-state index contributed by atoms with van der Waals surface area (Å²) >= 11 is 0. The summed E-state index contributed by atoms with van der Waals surface area (Å²) in [4.78, 5) is 47.8. The van der Waals surface area contributed by atoms with Gasteiger partial charge in [0.1, 0.15) is 17.2 Å². The molecule has 5 aromatic carbocycles. The van der Waals surface area contributed by atoms with Gasteiger partial charge in [0.05, 0.1) is 90.0 Å². The Morgan fingerprint density at radius 1 is 0.520 bits per heavy atom. The molecule has 33 heteroatoms. The fourth-order valence-corrected chi connectivity index (χ4v) is 8.10. The molecule has 0 atom stereocenters. The number of ether oxygens (including phenoxy) is 2. The average Bonchev–Trinajstić information content (AvgIpc) is 1.44. The first-order chi connectivity index (χ1) is 44.9. The zero-order valence-corrected chi connectivity index (χ0v) is 54.8. The van der Waals surface area contributed by atoms with Crippen LogP contribution >= 0.6 is 24.0 Å². The molecule has 0 amide bonds. The standard InChI is InChI=1S/C17H19F3N2O2.C12H8F3N3.C12H9F3N2O2.C11H10F3N3.C8H3F4N.C5H7N.HI/c1-11-9-22(10-21-11)14-6-12(5-13(8-14)17(18,19)20)7-15(23)24-16(2,3)4;1-8-6-18(7-17-8)11-4-9(12(13,14)15)3-10(5-11)16-2;1-8-5-17(6-16-8)10-2-9(12(13,14)15)3-11(4-10)19-7-18;1-7-5-17(6-16-7)10-3-8(11(12,13)14)2-9(15)4-10;1-13-7-3-5(8(10,11)12)2-6(9)4-7;1-5-3-2-4-6-5;/h5-6,8-10H,7H2,1-4H3;3-7H,1H3;2-7H,1H3;2-6H,15H2,1H3;2-4H;3-4H,2H2,1H3;1H. The number of anilines is 1. The van der Waals surface area contributed by atoms with Crippen molar-refractivity contribution in [2.24, 2.45) is 4.99 Å². The predicted octanol–water partition coefficient (Wildman–Crippen LogP) is 18.7. The molecule has 4 aromatic heterocycles. The fourth-order valence-electron chi connectivity index (χ4n) is 8.10. The molecule has 1 aliphatic rings. The highest BCUT2D eigenvalue weighted by molar-refractivity contribution is 14.0. The molecule has 0 saturated heterocycles. The van der Waals surface area contributed by atoms with Crippen LogP contribution in [0.25, 0.3) is 32.4 Å². The Morgan fingerprint density at radius 2 is 0.888 bits per heavy atom. The lowest BCUT2D eigenvalue weighted by atomic mass is 10.1. The largest absolute Gasteiger partial charge is 0.460 e. The minimum absolute atomic E-state index is 0. The van der Waals surface area contributed by atoms with Crippen LogP contribution in [0.3, 0.4) is 0 Å². The Hall–Kier alpha value is -10.3. The van der Waals surface area contributed by atoms with Gasteiger partial charge in [-0.05, 0) is 146 Å². The van der Waals surface area contributed by atoms with E-state index in [0.29, 0.717) is 40.6 Å². The van der Waals surface area contributed by atoms with Crippen LogP contribution in [-0.2, 0) is 51.6 Å². The number of nitrogen functional groups attached to an aromatic ring is 1. The molecule has 0 radical (unpaired) electrons. The molecule has 98 heavy (non-hydrogen) atoms. The molecule has 0 spiro atoms. The lowest BCUT2D eigenvalue weighted by Gasteiger charge is -2.20. The maximum absolute atomic E-state index is 13.1. The van der Waals surface area contributed by atoms with E-state index in [9.17, 15) is 79.8 Å². The minimum atomic E-state index is -4.61. The Balaban J connectivity index is 0.000000256. The first-order valence-corrected chi connectivity index (χ1v) is 27.7. The first-order valence-electron chi connectivity index (χ1n) is 27.7. The van der Waals surface area contributed by atoms with Crippen LogP contribution < -0.4 is 10.5 Å². The number of carbonyl (C=O) groups excluding carboxylic acids is 2. The Kier molecular flexibility index (Phi) is 27.4. The molecule has 2 N–H and O–H groups in total. The van der Waals surface area contributed by atoms with E-state index in [1.165, 1.54) is 67.8 Å². The molecule has 520 valence electrons. The van der Waals surface area contributed by atoms with Gasteiger partial charge in [-0.3, -0.25) is 14.6 Å². The first kappa shape index (κ1) is 80.1. The molecule has 0 unspecified atom stereocenters. The second-order valence-electron chi connectivity index (χ2n) is 21.6. The number of aryl methyl sites for hydroxylation is 4. The number of aliphatic imine (C=N–C) groups is 1. The summed E-state index contributed by atoms with van der Waals surface area (Å²) in [6, 6.07) is 14.9. The fraction of sp³-hybridized carbons (Fsp3) is 0.246. The zero-order chi connectivity index (χ0) is 72.6. The Labute approximate surface area is 566 Å². The van der Waals surface area contributed by atoms with Crippen molar-refractivity contribution in [2.75, 3.05) is 5.73 Å². The molecule has 16 nitrogen and oxygen atoms in total. The second-order valence-corrected chi connectivity index (χ2v) is 21.6. The topological polar surface area (TPSA) is 171 Å². The van der Waals surface area contributed by atoms with E-state index in [1.54, 1.807) is 73.3 Å². The second kappa shape index (κ2) is 33.6. The smallest absolute Gasteiger partial charge is 0.416 e. The van der Waals surface area contributed by atoms with Gasteiger partial charge in [0.25, 0.3) is 6.47 Å². The summed E-state index contributed by atoms with van der Waals surface area (Å²) in [7, 11) is 0. The number of halogens is 17. The van der Waals surface area contributed by atoms with E-state index in [1.807, 2.05) is 13.1 Å². The Bertz CT molecular complexity index is 4340. The summed E-state index contributed by atoms with van der Waals surface area (Å²) in [6.07, 6.45) is -5.60. The third-order valence-corrected chi connectivity index (χ3v) is 12.3. The van der Waals surface area contributed by atoms with Crippen molar-refractivity contribution in [1.82, 2.24) is 38.2 Å². The number of aromatic nitrogens is 8. The van der Waals surface area contributed by atoms with E-state index < -0.39 is 76.1 Å². The van der Waals surface area contributed by atoms with Gasteiger partial charge in [-0.15, -0.1) is 24.0 Å². The Morgan fingerprint density at radius 3 is 1.23 bits per heavy atom. The number of alkyl halides is 15. The number of carbonyl (C=O) groups is 2. The summed E-state index contributed by atoms with van der Waals surface area (Å²) in [6.45, 7) is 27.4. The highest BCUT2D eigenvalue weighted by Crippen LogP contribution is 2.38. The number of hydrogen-bond acceptors (Lipinski definition) is 10. The number of hydrogen-bond donors (Lipinski definition) is 1. The van der Waals surface area contributed by atoms with Crippen molar-refractivity contribution in [2.45, 2.75) is 105 Å². The van der Waals surface area contributed by atoms with Gasteiger partial charge in [0, 0.05) is 83.1 Å². The van der Waals surface area contributed by atoms with Crippen LogP contribution in [-0.4, -0.2) is 62.5 Å². The van der Waals surface area contributed by atoms with E-state index in [4.69, 9.17) is 23.6 Å². The number of rotatable bonds is 8. The molecule has 1 aliphatic heterocycles. The van der Waals surface area contributed by atoms with Crippen molar-refractivity contribution in [1.29, 1.82) is 0 Å². The van der Waals surface area contributed by atoms with Gasteiger partial charge in [-0.1, -0.05) is 6.08 Å². The highest BCUT2D eigenvalue weighted by atomic mass is 127. The molecular formula is C65H57F16IN12O4. The predicted molar refractivity (Wildman–Crippen MR) is 340 cm³/mol. The molecule has 0 aliphatic carbocycles. The van der Waals surface area contributed by atoms with Crippen LogP contribution in [0.15, 0.2) is 158 Å². The van der Waals surface area contributed by atoms with E-state index in [2.05, 4.69) is 45.4 Å². The summed E-state index contributed by atoms with van der Waals surface area (Å²) in [5.74, 6) is -1.80. The SMILES string of the molecule is CC1=CCC=N1.Cc1cn(-c2cc(CC(=O)OC(C)(C)C)cc(C(F)(F)F)c2)cn1.Cc1cn(-c2cc(N)cc(C(F)(F)F)c2)cn1.Cc1cn(-c2cc(OC=O)cc(C(F)(F)F)c2)cn1.I.[C-]#[N+]c1cc(-n2cnc(C)c2)cc(C(F)(F)F)c1.[C-]#[N+]c1cc(F)cc(C(F)(F)F)c1. The van der Waals surface area contributed by atoms with E-state index in [-0.39, 0.29) is 76.6 Å². The van der Waals surface area contributed by atoms with Crippen LogP contribution in [0.2, 0.25) is 0 Å². The average molecular weight is 1500 g/mol. The minimum Gasteiger partial charge on any atom is -0.460 e. The van der Waals surface area contributed by atoms with Gasteiger partial charge in [-0.2, -0.15) is 65.9 Å². The molecule has 9 aromatic rings. The summed E-state index contributed by atoms with van der Waals surface area (Å²) < 4.78 is 218. The molecule has 5 heterocycles. The number of benzene rings is 5. The summed E-state index contributed by atoms with van der Waals surface area (Å²) in [5, 5.41) is 0. The van der Waals surface area contributed by atoms with Crippen LogP contribution in [0, 0.1) is 46.7 Å². The van der Waals surface area contributed by atoms with Crippen LogP contribution in [0.1, 0.15) is 90.3 Å². The number of allylic oxidation sites excluding steroid dienone is 2. The van der Waals surface area contributed by atoms with Gasteiger partial charge in [0.15, 0.2) is 11.4 Å². The van der Waals surface area contributed by atoms with Crippen molar-refractivity contribution in [3.63, 3.8) is 0 Å². The van der Waals surface area contributed by atoms with Crippen molar-refractivity contribution in [3.05, 3.63) is 238 Å². The van der Waals surface area contributed by atoms with Gasteiger partial charge in [-0.25, -0.2) is 34.0 Å². The molecule has 10 rings (SSSR count). The van der Waals surface area contributed by atoms with Crippen LogP contribution in [0.5, 0.6) is 5.75 Å². The zero-order valence-electron chi connectivity index (χ0n) is 52.5. The van der Waals surface area contributed by atoms with E-state index >= 15 is 0 Å². The van der Waals surface area contributed by atoms with E-state index in [0.717, 1.165) is 72.4 Å². The number of esters is 1. The van der Waals surface area contributed by atoms with Gasteiger partial charge < -0.3 is 33.5 Å². The third-order valence-electron chi connectivity index (χ3n) is 12.3. The van der Waals surface area contributed by atoms with Crippen molar-refractivity contribution >= 4 is 59.7 Å². The van der Waals surface area contributed by atoms with Crippen molar-refractivity contribution in [3.8, 4) is 28.5 Å². The maximum atomic E-state index is 13.1. The molecule has 0 fully saturated rings. The van der Waals surface area contributed by atoms with Gasteiger partial charge in [0.2, 0.25) is 0 Å².